The lowest BCUT2D eigenvalue weighted by Crippen LogP contribution is -2.45. The van der Waals surface area contributed by atoms with Crippen molar-refractivity contribution in [2.45, 2.75) is 64.8 Å². The van der Waals surface area contributed by atoms with Crippen molar-refractivity contribution in [3.63, 3.8) is 0 Å². The number of hydrogen-bond donors (Lipinski definition) is 1. The Labute approximate surface area is 167 Å². The van der Waals surface area contributed by atoms with E-state index in [1.54, 1.807) is 12.1 Å². The van der Waals surface area contributed by atoms with Gasteiger partial charge in [-0.1, -0.05) is 57.4 Å². The van der Waals surface area contributed by atoms with E-state index in [0.717, 1.165) is 37.7 Å². The van der Waals surface area contributed by atoms with E-state index < -0.39 is 28.4 Å². The van der Waals surface area contributed by atoms with Gasteiger partial charge in [-0.05, 0) is 36.8 Å². The van der Waals surface area contributed by atoms with Crippen molar-refractivity contribution < 1.29 is 18.0 Å². The van der Waals surface area contributed by atoms with E-state index >= 15 is 0 Å². The summed E-state index contributed by atoms with van der Waals surface area (Å²) >= 11 is 0. The Morgan fingerprint density at radius 2 is 1.75 bits per heavy atom. The van der Waals surface area contributed by atoms with Crippen LogP contribution in [0.15, 0.2) is 29.8 Å². The van der Waals surface area contributed by atoms with Crippen molar-refractivity contribution in [3.8, 4) is 0 Å². The van der Waals surface area contributed by atoms with E-state index in [1.165, 1.54) is 6.92 Å². The van der Waals surface area contributed by atoms with Crippen molar-refractivity contribution in [1.29, 1.82) is 0 Å². The van der Waals surface area contributed by atoms with Gasteiger partial charge in [0, 0.05) is 11.6 Å². The molecule has 2 aliphatic rings. The maximum atomic E-state index is 13.0. The first kappa shape index (κ1) is 20.6. The summed E-state index contributed by atoms with van der Waals surface area (Å²) in [6, 6.07) is 7.27. The van der Waals surface area contributed by atoms with E-state index in [0.29, 0.717) is 15.8 Å². The zero-order chi connectivity index (χ0) is 20.5. The number of nitrogens with zero attached hydrogens (tertiary/aromatic N) is 1. The molecule has 1 aromatic carbocycles. The molecule has 28 heavy (non-hydrogen) atoms. The second-order valence-corrected chi connectivity index (χ2v) is 9.75. The summed E-state index contributed by atoms with van der Waals surface area (Å²) in [6.45, 7) is 5.15. The molecule has 1 saturated carbocycles. The van der Waals surface area contributed by atoms with Crippen LogP contribution in [0.1, 0.15) is 69.9 Å². The average Bonchev–Trinajstić information content (AvgIpc) is 2.82. The van der Waals surface area contributed by atoms with Crippen LogP contribution in [0.4, 0.5) is 0 Å². The minimum atomic E-state index is -4.05. The zero-order valence-electron chi connectivity index (χ0n) is 16.7. The molecule has 1 aliphatic carbocycles. The molecule has 0 unspecified atom stereocenters. The van der Waals surface area contributed by atoms with Crippen LogP contribution in [0.2, 0.25) is 0 Å². The van der Waals surface area contributed by atoms with Gasteiger partial charge < -0.3 is 5.32 Å². The lowest BCUT2D eigenvalue weighted by molar-refractivity contribution is -0.129. The molecule has 0 saturated heterocycles. The molecule has 7 heteroatoms. The summed E-state index contributed by atoms with van der Waals surface area (Å²) in [5, 5.41) is 2.88. The first-order valence-corrected chi connectivity index (χ1v) is 11.3. The molecule has 6 nitrogen and oxygen atoms in total. The Balaban J connectivity index is 1.79. The standard InChI is InChI=1S/C21H28N2O4S/c1-14(2)16-9-11-17(12-10-16)20-15(3)21(25)23(28(20,26)27)13-19(24)22-18-7-5-4-6-8-18/h9-12,14,18H,4-8,13H2,1-3H3,(H,22,24). The first-order valence-electron chi connectivity index (χ1n) is 9.89. The van der Waals surface area contributed by atoms with Crippen LogP contribution < -0.4 is 5.32 Å². The van der Waals surface area contributed by atoms with Gasteiger partial charge in [0.1, 0.15) is 11.4 Å². The highest BCUT2D eigenvalue weighted by Crippen LogP contribution is 2.35. The number of hydrogen-bond acceptors (Lipinski definition) is 4. The summed E-state index contributed by atoms with van der Waals surface area (Å²) in [7, 11) is -4.05. The average molecular weight is 405 g/mol. The van der Waals surface area contributed by atoms with Crippen LogP contribution in [-0.4, -0.2) is 37.1 Å². The highest BCUT2D eigenvalue weighted by atomic mass is 32.2. The minimum Gasteiger partial charge on any atom is -0.352 e. The van der Waals surface area contributed by atoms with Gasteiger partial charge in [-0.3, -0.25) is 9.59 Å². The van der Waals surface area contributed by atoms with Crippen molar-refractivity contribution in [2.75, 3.05) is 6.54 Å². The first-order chi connectivity index (χ1) is 13.2. The van der Waals surface area contributed by atoms with Gasteiger partial charge in [-0.2, -0.15) is 0 Å². The van der Waals surface area contributed by atoms with Crippen LogP contribution >= 0.6 is 0 Å². The third kappa shape index (κ3) is 3.99. The van der Waals surface area contributed by atoms with Gasteiger partial charge in [-0.25, -0.2) is 12.7 Å². The molecule has 3 rings (SSSR count). The molecule has 2 amide bonds. The fourth-order valence-corrected chi connectivity index (χ4v) is 5.66. The summed E-state index contributed by atoms with van der Waals surface area (Å²) in [5.41, 5.74) is 1.72. The van der Waals surface area contributed by atoms with E-state index in [9.17, 15) is 18.0 Å². The second kappa shape index (κ2) is 8.07. The Bertz CT molecular complexity index is 895. The molecule has 0 radical (unpaired) electrons. The van der Waals surface area contributed by atoms with Gasteiger partial charge in [0.2, 0.25) is 5.91 Å². The number of nitrogens with one attached hydrogen (secondary N) is 1. The van der Waals surface area contributed by atoms with Crippen molar-refractivity contribution in [1.82, 2.24) is 9.62 Å². The van der Waals surface area contributed by atoms with Gasteiger partial charge in [0.25, 0.3) is 15.9 Å². The summed E-state index contributed by atoms with van der Waals surface area (Å²) in [6.07, 6.45) is 5.08. The second-order valence-electron chi connectivity index (χ2n) is 7.95. The molecule has 0 spiro atoms. The fraction of sp³-hybridized carbons (Fsp3) is 0.524. The molecule has 1 aliphatic heterocycles. The van der Waals surface area contributed by atoms with E-state index in [4.69, 9.17) is 0 Å². The Hall–Kier alpha value is -2.15. The fourth-order valence-electron chi connectivity index (χ4n) is 3.89. The predicted molar refractivity (Wildman–Crippen MR) is 109 cm³/mol. The molecule has 0 aromatic heterocycles. The molecule has 1 aromatic rings. The molecule has 1 fully saturated rings. The number of carbonyl (C=O) groups excluding carboxylic acids is 2. The maximum absolute atomic E-state index is 13.0. The van der Waals surface area contributed by atoms with Crippen LogP contribution in [0.3, 0.4) is 0 Å². The monoisotopic (exact) mass is 404 g/mol. The number of carbonyl (C=O) groups is 2. The van der Waals surface area contributed by atoms with Gasteiger partial charge >= 0.3 is 0 Å². The Morgan fingerprint density at radius 1 is 1.14 bits per heavy atom. The normalized spacial score (nSPS) is 20.1. The Morgan fingerprint density at radius 3 is 2.32 bits per heavy atom. The Kier molecular flexibility index (Phi) is 5.93. The third-order valence-corrected chi connectivity index (χ3v) is 7.47. The van der Waals surface area contributed by atoms with Crippen LogP contribution in [0.25, 0.3) is 4.91 Å². The SMILES string of the molecule is CC1=C(c2ccc(C(C)C)cc2)S(=O)(=O)N(CC(=O)NC2CCCCC2)C1=O. The molecule has 1 heterocycles. The summed E-state index contributed by atoms with van der Waals surface area (Å²) < 4.78 is 26.8. The summed E-state index contributed by atoms with van der Waals surface area (Å²) in [4.78, 5) is 25.0. The zero-order valence-corrected chi connectivity index (χ0v) is 17.5. The van der Waals surface area contributed by atoms with Crippen molar-refractivity contribution in [2.24, 2.45) is 0 Å². The molecule has 1 N–H and O–H groups in total. The molecule has 0 atom stereocenters. The van der Waals surface area contributed by atoms with Gasteiger partial charge in [-0.15, -0.1) is 0 Å². The van der Waals surface area contributed by atoms with Crippen LogP contribution in [0.5, 0.6) is 0 Å². The lowest BCUT2D eigenvalue weighted by atomic mass is 9.95. The largest absolute Gasteiger partial charge is 0.352 e. The predicted octanol–water partition coefficient (Wildman–Crippen LogP) is 3.16. The third-order valence-electron chi connectivity index (χ3n) is 5.53. The van der Waals surface area contributed by atoms with Crippen molar-refractivity contribution >= 4 is 26.7 Å². The number of rotatable bonds is 5. The highest BCUT2D eigenvalue weighted by molar-refractivity contribution is 7.99. The van der Waals surface area contributed by atoms with Crippen molar-refractivity contribution in [3.05, 3.63) is 41.0 Å². The summed E-state index contributed by atoms with van der Waals surface area (Å²) in [5.74, 6) is -0.722. The molecular formula is C21H28N2O4S. The number of benzene rings is 1. The van der Waals surface area contributed by atoms with E-state index in [1.807, 2.05) is 12.1 Å². The maximum Gasteiger partial charge on any atom is 0.268 e. The van der Waals surface area contributed by atoms with Gasteiger partial charge in [0.05, 0.1) is 0 Å². The molecule has 152 valence electrons. The van der Waals surface area contributed by atoms with Gasteiger partial charge in [0.15, 0.2) is 0 Å². The highest BCUT2D eigenvalue weighted by Gasteiger charge is 2.43. The quantitative estimate of drug-likeness (QED) is 0.817. The molecular weight excluding hydrogens is 376 g/mol. The smallest absolute Gasteiger partial charge is 0.268 e. The lowest BCUT2D eigenvalue weighted by Gasteiger charge is -2.24. The van der Waals surface area contributed by atoms with Crippen LogP contribution in [0, 0.1) is 0 Å². The molecule has 0 bridgehead atoms. The van der Waals surface area contributed by atoms with E-state index in [2.05, 4.69) is 19.2 Å². The number of amides is 2. The van der Waals surface area contributed by atoms with Crippen LogP contribution in [-0.2, 0) is 19.6 Å². The number of sulfonamides is 1. The topological polar surface area (TPSA) is 83.6 Å². The minimum absolute atomic E-state index is 0.00160. The van der Waals surface area contributed by atoms with E-state index in [-0.39, 0.29) is 16.5 Å².